The molecule has 0 aliphatic carbocycles. The Kier molecular flexibility index (Phi) is 7.68. The lowest BCUT2D eigenvalue weighted by Crippen LogP contribution is -2.33. The number of aliphatic hydroxyl groups excluding tert-OH is 2. The van der Waals surface area contributed by atoms with Crippen LogP contribution in [0.25, 0.3) is 11.2 Å². The van der Waals surface area contributed by atoms with E-state index in [1.807, 2.05) is 0 Å². The van der Waals surface area contributed by atoms with Crippen LogP contribution in [0.3, 0.4) is 0 Å². The molecule has 40 heavy (non-hydrogen) atoms. The summed E-state index contributed by atoms with van der Waals surface area (Å²) in [4.78, 5) is 18.3. The Morgan fingerprint density at radius 3 is 2.62 bits per heavy atom. The number of fused-ring (bicyclic) bond motifs is 1. The number of pyridine rings is 1. The van der Waals surface area contributed by atoms with Gasteiger partial charge < -0.3 is 24.6 Å². The second-order valence-electron chi connectivity index (χ2n) is 9.51. The van der Waals surface area contributed by atoms with Crippen molar-refractivity contribution in [1.82, 2.24) is 24.5 Å². The number of alkyl halides is 3. The molecule has 1 aliphatic rings. The molecule has 0 saturated carbocycles. The van der Waals surface area contributed by atoms with Gasteiger partial charge in [0, 0.05) is 19.3 Å². The molecule has 1 unspecified atom stereocenters. The van der Waals surface area contributed by atoms with Crippen LogP contribution in [0, 0.1) is 12.7 Å². The van der Waals surface area contributed by atoms with Crippen LogP contribution < -0.4 is 4.90 Å². The molecule has 0 bridgehead atoms. The minimum absolute atomic E-state index is 0.0629. The van der Waals surface area contributed by atoms with E-state index in [4.69, 9.17) is 9.47 Å². The molecule has 1 fully saturated rings. The van der Waals surface area contributed by atoms with Gasteiger partial charge in [-0.1, -0.05) is 18.2 Å². The number of rotatable bonds is 8. The molecule has 0 spiro atoms. The van der Waals surface area contributed by atoms with Crippen LogP contribution in [-0.2, 0) is 28.8 Å². The monoisotopic (exact) mass is 562 g/mol. The minimum atomic E-state index is -4.54. The number of aromatic nitrogens is 5. The second-order valence-corrected chi connectivity index (χ2v) is 9.51. The van der Waals surface area contributed by atoms with Gasteiger partial charge >= 0.3 is 6.18 Å². The largest absolute Gasteiger partial charge is 0.433 e. The van der Waals surface area contributed by atoms with Gasteiger partial charge in [-0.25, -0.2) is 24.3 Å². The van der Waals surface area contributed by atoms with Crippen LogP contribution in [0.4, 0.5) is 23.4 Å². The quantitative estimate of drug-likeness (QED) is 0.312. The maximum absolute atomic E-state index is 13.6. The molecule has 1 aliphatic heterocycles. The predicted octanol–water partition coefficient (Wildman–Crippen LogP) is 3.16. The van der Waals surface area contributed by atoms with E-state index in [0.29, 0.717) is 29.1 Å². The standard InChI is InChI=1S/C26H26F4N6O4/c1-14-16(6-7-19(34-14)26(28,29)30)10-39-11-18-21(37)22(38)25(40-18)36-13-33-20-23(31-12-32-24(20)36)35(2)9-15-4-3-5-17(27)8-15/h3-8,12-13,18,21-22,25,37-38H,9-11H2,1-2H3/t18-,21-,22?,25-/m1/s1. The molecular weight excluding hydrogens is 536 g/mol. The van der Waals surface area contributed by atoms with Gasteiger partial charge in [-0.15, -0.1) is 0 Å². The Morgan fingerprint density at radius 1 is 1.10 bits per heavy atom. The average Bonchev–Trinajstić information content (AvgIpc) is 3.45. The number of aryl methyl sites for hydroxylation is 1. The van der Waals surface area contributed by atoms with Gasteiger partial charge in [0.05, 0.1) is 19.5 Å². The van der Waals surface area contributed by atoms with E-state index in [9.17, 15) is 27.8 Å². The van der Waals surface area contributed by atoms with Crippen molar-refractivity contribution in [3.63, 3.8) is 0 Å². The smallest absolute Gasteiger partial charge is 0.387 e. The van der Waals surface area contributed by atoms with E-state index in [2.05, 4.69) is 19.9 Å². The number of hydrogen-bond donors (Lipinski definition) is 2. The molecule has 3 aromatic heterocycles. The average molecular weight is 563 g/mol. The van der Waals surface area contributed by atoms with Crippen molar-refractivity contribution in [3.05, 3.63) is 77.4 Å². The fourth-order valence-electron chi connectivity index (χ4n) is 4.57. The Morgan fingerprint density at radius 2 is 1.90 bits per heavy atom. The number of imidazole rings is 1. The molecule has 14 heteroatoms. The van der Waals surface area contributed by atoms with Crippen LogP contribution in [0.2, 0.25) is 0 Å². The summed E-state index contributed by atoms with van der Waals surface area (Å²) >= 11 is 0. The van der Waals surface area contributed by atoms with Crippen LogP contribution in [-0.4, -0.2) is 66.7 Å². The van der Waals surface area contributed by atoms with Crippen molar-refractivity contribution in [3.8, 4) is 0 Å². The number of anilines is 1. The number of halogens is 4. The lowest BCUT2D eigenvalue weighted by molar-refractivity contribution is -0.141. The first kappa shape index (κ1) is 27.8. The zero-order valence-corrected chi connectivity index (χ0v) is 21.5. The van der Waals surface area contributed by atoms with Crippen molar-refractivity contribution in [2.45, 2.75) is 50.8 Å². The number of nitrogens with zero attached hydrogens (tertiary/aromatic N) is 6. The number of ether oxygens (including phenoxy) is 2. The number of aliphatic hydroxyl groups is 2. The molecule has 1 saturated heterocycles. The molecule has 4 heterocycles. The van der Waals surface area contributed by atoms with Gasteiger partial charge in [-0.3, -0.25) is 4.57 Å². The van der Waals surface area contributed by atoms with Crippen molar-refractivity contribution >= 4 is 17.0 Å². The summed E-state index contributed by atoms with van der Waals surface area (Å²) in [5.74, 6) is 0.125. The number of benzene rings is 1. The van der Waals surface area contributed by atoms with Crippen LogP contribution >= 0.6 is 0 Å². The third-order valence-corrected chi connectivity index (χ3v) is 6.65. The van der Waals surface area contributed by atoms with Gasteiger partial charge in [0.2, 0.25) is 0 Å². The summed E-state index contributed by atoms with van der Waals surface area (Å²) in [5, 5.41) is 21.3. The molecular formula is C26H26F4N6O4. The first-order chi connectivity index (χ1) is 19.0. The first-order valence-corrected chi connectivity index (χ1v) is 12.3. The SMILES string of the molecule is Cc1nc(C(F)(F)F)ccc1COC[C@H]1O[C@@H](n2cnc3c(N(C)Cc4cccc(F)c4)ncnc32)C(O)[C@@H]1O. The summed E-state index contributed by atoms with van der Waals surface area (Å²) in [6, 6.07) is 8.36. The van der Waals surface area contributed by atoms with Crippen LogP contribution in [0.5, 0.6) is 0 Å². The van der Waals surface area contributed by atoms with Crippen LogP contribution in [0.1, 0.15) is 28.7 Å². The van der Waals surface area contributed by atoms with Gasteiger partial charge in [-0.2, -0.15) is 13.2 Å². The third kappa shape index (κ3) is 5.61. The zero-order chi connectivity index (χ0) is 28.6. The maximum Gasteiger partial charge on any atom is 0.433 e. The molecule has 10 nitrogen and oxygen atoms in total. The van der Waals surface area contributed by atoms with Gasteiger partial charge in [0.1, 0.15) is 36.2 Å². The highest BCUT2D eigenvalue weighted by molar-refractivity contribution is 5.83. The van der Waals surface area contributed by atoms with E-state index < -0.39 is 36.4 Å². The molecule has 1 aromatic carbocycles. The number of hydrogen-bond acceptors (Lipinski definition) is 9. The highest BCUT2D eigenvalue weighted by atomic mass is 19.4. The van der Waals surface area contributed by atoms with Gasteiger partial charge in [-0.05, 0) is 36.2 Å². The summed E-state index contributed by atoms with van der Waals surface area (Å²) in [6.07, 6.45) is -6.43. The molecule has 5 rings (SSSR count). The Balaban J connectivity index is 1.27. The van der Waals surface area contributed by atoms with Crippen molar-refractivity contribution in [2.75, 3.05) is 18.6 Å². The first-order valence-electron chi connectivity index (χ1n) is 12.3. The van der Waals surface area contributed by atoms with E-state index >= 15 is 0 Å². The van der Waals surface area contributed by atoms with E-state index in [0.717, 1.165) is 11.6 Å². The lowest BCUT2D eigenvalue weighted by atomic mass is 10.1. The normalized spacial score (nSPS) is 21.3. The van der Waals surface area contributed by atoms with Gasteiger partial charge in [0.25, 0.3) is 0 Å². The fourth-order valence-corrected chi connectivity index (χ4v) is 4.57. The molecule has 4 aromatic rings. The molecule has 0 amide bonds. The van der Waals surface area contributed by atoms with Crippen LogP contribution in [0.15, 0.2) is 49.1 Å². The van der Waals surface area contributed by atoms with E-state index in [-0.39, 0.29) is 24.7 Å². The Bertz CT molecular complexity index is 1500. The zero-order valence-electron chi connectivity index (χ0n) is 21.5. The second kappa shape index (κ2) is 11.0. The summed E-state index contributed by atoms with van der Waals surface area (Å²) in [7, 11) is 1.78. The Hall–Kier alpha value is -3.72. The maximum atomic E-state index is 13.6. The third-order valence-electron chi connectivity index (χ3n) is 6.65. The molecule has 4 atom stereocenters. The van der Waals surface area contributed by atoms with Crippen molar-refractivity contribution in [2.24, 2.45) is 0 Å². The summed E-state index contributed by atoms with van der Waals surface area (Å²) in [5.41, 5.74) is 1.12. The Labute approximate surface area is 225 Å². The lowest BCUT2D eigenvalue weighted by Gasteiger charge is -2.19. The van der Waals surface area contributed by atoms with Crippen molar-refractivity contribution in [1.29, 1.82) is 0 Å². The summed E-state index contributed by atoms with van der Waals surface area (Å²) in [6.45, 7) is 1.60. The molecule has 2 N–H and O–H groups in total. The topological polar surface area (TPSA) is 119 Å². The highest BCUT2D eigenvalue weighted by Crippen LogP contribution is 2.33. The molecule has 0 radical (unpaired) electrons. The predicted molar refractivity (Wildman–Crippen MR) is 133 cm³/mol. The van der Waals surface area contributed by atoms with Gasteiger partial charge in [0.15, 0.2) is 23.2 Å². The van der Waals surface area contributed by atoms with E-state index in [1.54, 1.807) is 24.1 Å². The van der Waals surface area contributed by atoms with Crippen molar-refractivity contribution < 1.29 is 37.2 Å². The van der Waals surface area contributed by atoms with E-state index in [1.165, 1.54) is 42.3 Å². The summed E-state index contributed by atoms with van der Waals surface area (Å²) < 4.78 is 65.2. The highest BCUT2D eigenvalue weighted by Gasteiger charge is 2.44. The minimum Gasteiger partial charge on any atom is -0.387 e. The molecule has 212 valence electrons. The fraction of sp³-hybridized carbons (Fsp3) is 0.385.